The molecule has 0 atom stereocenters. The van der Waals surface area contributed by atoms with E-state index in [9.17, 15) is 18.0 Å². The van der Waals surface area contributed by atoms with Gasteiger partial charge in [-0.15, -0.1) is 0 Å². The monoisotopic (exact) mass is 482 g/mol. The number of nitrogens with zero attached hydrogens (tertiary/aromatic N) is 1. The molecule has 0 unspecified atom stereocenters. The Morgan fingerprint density at radius 2 is 1.62 bits per heavy atom. The summed E-state index contributed by atoms with van der Waals surface area (Å²) in [5, 5.41) is 2.68. The van der Waals surface area contributed by atoms with Crippen molar-refractivity contribution >= 4 is 27.6 Å². The Kier molecular flexibility index (Phi) is 8.04. The first-order valence-electron chi connectivity index (χ1n) is 10.4. The number of hydrogen-bond donors (Lipinski definition) is 1. The van der Waals surface area contributed by atoms with E-state index in [-0.39, 0.29) is 17.2 Å². The molecule has 8 nitrogen and oxygen atoms in total. The zero-order valence-corrected chi connectivity index (χ0v) is 20.0. The lowest BCUT2D eigenvalue weighted by Gasteiger charge is -2.23. The highest BCUT2D eigenvalue weighted by molar-refractivity contribution is 7.89. The number of benzene rings is 3. The van der Waals surface area contributed by atoms with Crippen molar-refractivity contribution in [3.05, 3.63) is 89.5 Å². The van der Waals surface area contributed by atoms with Crippen LogP contribution in [0.5, 0.6) is 5.75 Å². The Balaban J connectivity index is 1.88. The van der Waals surface area contributed by atoms with E-state index in [0.29, 0.717) is 11.3 Å². The number of carbonyl (C=O) groups excluding carboxylic acids is 2. The van der Waals surface area contributed by atoms with Gasteiger partial charge in [0.25, 0.3) is 0 Å². The summed E-state index contributed by atoms with van der Waals surface area (Å²) in [6.07, 6.45) is 0. The average molecular weight is 483 g/mol. The maximum atomic E-state index is 13.6. The molecule has 1 amide bonds. The Morgan fingerprint density at radius 3 is 2.24 bits per heavy atom. The second-order valence-electron chi connectivity index (χ2n) is 7.53. The zero-order chi connectivity index (χ0) is 24.7. The third-order valence-corrected chi connectivity index (χ3v) is 6.86. The lowest BCUT2D eigenvalue weighted by molar-refractivity contribution is -0.116. The number of esters is 1. The van der Waals surface area contributed by atoms with Crippen LogP contribution in [0.1, 0.15) is 21.5 Å². The van der Waals surface area contributed by atoms with Crippen molar-refractivity contribution < 1.29 is 27.5 Å². The van der Waals surface area contributed by atoms with Crippen LogP contribution in [0, 0.1) is 6.92 Å². The van der Waals surface area contributed by atoms with Crippen molar-refractivity contribution in [3.8, 4) is 5.75 Å². The number of sulfonamides is 1. The molecule has 1 N–H and O–H groups in total. The molecule has 178 valence electrons. The van der Waals surface area contributed by atoms with Crippen molar-refractivity contribution in [1.29, 1.82) is 0 Å². The number of ether oxygens (including phenoxy) is 2. The van der Waals surface area contributed by atoms with E-state index in [2.05, 4.69) is 10.1 Å². The quantitative estimate of drug-likeness (QED) is 0.468. The van der Waals surface area contributed by atoms with Crippen LogP contribution in [0.4, 0.5) is 5.69 Å². The number of rotatable bonds is 9. The average Bonchev–Trinajstić information content (AvgIpc) is 2.84. The fourth-order valence-electron chi connectivity index (χ4n) is 3.31. The van der Waals surface area contributed by atoms with Crippen LogP contribution >= 0.6 is 0 Å². The molecule has 0 saturated carbocycles. The standard InChI is InChI=1S/C25H26N2O6S/c1-18-9-14-22(32-2)23(15-18)34(30,31)27(16-19-7-5-4-6-8-19)17-24(28)26-21-12-10-20(11-13-21)25(29)33-3/h4-15H,16-17H2,1-3H3,(H,26,28). The van der Waals surface area contributed by atoms with E-state index in [1.807, 2.05) is 6.07 Å². The summed E-state index contributed by atoms with van der Waals surface area (Å²) in [6.45, 7) is 1.35. The smallest absolute Gasteiger partial charge is 0.337 e. The minimum atomic E-state index is -4.09. The highest BCUT2D eigenvalue weighted by Gasteiger charge is 2.30. The molecule has 0 aromatic heterocycles. The normalized spacial score (nSPS) is 11.2. The molecule has 0 heterocycles. The van der Waals surface area contributed by atoms with Gasteiger partial charge in [0.05, 0.1) is 26.3 Å². The van der Waals surface area contributed by atoms with E-state index >= 15 is 0 Å². The van der Waals surface area contributed by atoms with E-state index in [4.69, 9.17) is 4.74 Å². The lowest BCUT2D eigenvalue weighted by atomic mass is 10.2. The van der Waals surface area contributed by atoms with Crippen molar-refractivity contribution in [2.45, 2.75) is 18.4 Å². The van der Waals surface area contributed by atoms with Gasteiger partial charge in [0, 0.05) is 12.2 Å². The Bertz CT molecular complexity index is 1260. The van der Waals surface area contributed by atoms with Crippen LogP contribution in [0.25, 0.3) is 0 Å². The predicted molar refractivity (Wildman–Crippen MR) is 128 cm³/mol. The summed E-state index contributed by atoms with van der Waals surface area (Å²) in [5.74, 6) is -0.829. The number of amides is 1. The predicted octanol–water partition coefficient (Wildman–Crippen LogP) is 3.62. The summed E-state index contributed by atoms with van der Waals surface area (Å²) in [7, 11) is -1.41. The number of hydrogen-bond acceptors (Lipinski definition) is 6. The molecule has 9 heteroatoms. The van der Waals surface area contributed by atoms with E-state index in [0.717, 1.165) is 15.4 Å². The SMILES string of the molecule is COC(=O)c1ccc(NC(=O)CN(Cc2ccccc2)S(=O)(=O)c2cc(C)ccc2OC)cc1. The summed E-state index contributed by atoms with van der Waals surface area (Å²) in [4.78, 5) is 24.4. The number of aryl methyl sites for hydroxylation is 1. The van der Waals surface area contributed by atoms with Crippen LogP contribution in [-0.2, 0) is 26.1 Å². The molecular formula is C25H26N2O6S. The fourth-order valence-corrected chi connectivity index (χ4v) is 4.93. The van der Waals surface area contributed by atoms with Crippen LogP contribution < -0.4 is 10.1 Å². The molecule has 0 aliphatic heterocycles. The van der Waals surface area contributed by atoms with Gasteiger partial charge in [-0.1, -0.05) is 36.4 Å². The molecule has 0 saturated heterocycles. The van der Waals surface area contributed by atoms with Gasteiger partial charge in [0.2, 0.25) is 15.9 Å². The molecule has 0 spiro atoms. The minimum Gasteiger partial charge on any atom is -0.495 e. The lowest BCUT2D eigenvalue weighted by Crippen LogP contribution is -2.37. The highest BCUT2D eigenvalue weighted by Crippen LogP contribution is 2.28. The molecule has 0 radical (unpaired) electrons. The van der Waals surface area contributed by atoms with Gasteiger partial charge < -0.3 is 14.8 Å². The van der Waals surface area contributed by atoms with E-state index in [1.165, 1.54) is 32.4 Å². The summed E-state index contributed by atoms with van der Waals surface area (Å²) < 4.78 is 38.3. The van der Waals surface area contributed by atoms with Crippen molar-refractivity contribution in [3.63, 3.8) is 0 Å². The highest BCUT2D eigenvalue weighted by atomic mass is 32.2. The Morgan fingerprint density at radius 1 is 0.941 bits per heavy atom. The number of methoxy groups -OCH3 is 2. The molecule has 0 bridgehead atoms. The van der Waals surface area contributed by atoms with Crippen molar-refractivity contribution in [2.24, 2.45) is 0 Å². The summed E-state index contributed by atoms with van der Waals surface area (Å²) in [6, 6.07) is 20.0. The molecule has 0 aliphatic carbocycles. The molecule has 0 aliphatic rings. The summed E-state index contributed by atoms with van der Waals surface area (Å²) >= 11 is 0. The first-order valence-corrected chi connectivity index (χ1v) is 11.9. The summed E-state index contributed by atoms with van der Waals surface area (Å²) in [5.41, 5.74) is 2.23. The van der Waals surface area contributed by atoms with Crippen molar-refractivity contribution in [2.75, 3.05) is 26.1 Å². The van der Waals surface area contributed by atoms with Crippen LogP contribution in [0.2, 0.25) is 0 Å². The maximum absolute atomic E-state index is 13.6. The van der Waals surface area contributed by atoms with Crippen LogP contribution in [-0.4, -0.2) is 45.4 Å². The Hall–Kier alpha value is -3.69. The van der Waals surface area contributed by atoms with Gasteiger partial charge in [-0.25, -0.2) is 13.2 Å². The van der Waals surface area contributed by atoms with Gasteiger partial charge in [-0.05, 0) is 54.4 Å². The van der Waals surface area contributed by atoms with Gasteiger partial charge in [-0.2, -0.15) is 4.31 Å². The molecule has 3 aromatic rings. The second kappa shape index (κ2) is 11.0. The van der Waals surface area contributed by atoms with Gasteiger partial charge in [-0.3, -0.25) is 4.79 Å². The number of anilines is 1. The fraction of sp³-hybridized carbons (Fsp3) is 0.200. The van der Waals surface area contributed by atoms with E-state index < -0.39 is 28.4 Å². The van der Waals surface area contributed by atoms with Gasteiger partial charge in [0.1, 0.15) is 10.6 Å². The minimum absolute atomic E-state index is 0.00499. The van der Waals surface area contributed by atoms with E-state index in [1.54, 1.807) is 55.5 Å². The topological polar surface area (TPSA) is 102 Å². The third-order valence-electron chi connectivity index (χ3n) is 5.05. The van der Waals surface area contributed by atoms with Crippen LogP contribution in [0.15, 0.2) is 77.7 Å². The molecule has 34 heavy (non-hydrogen) atoms. The largest absolute Gasteiger partial charge is 0.495 e. The molecule has 0 fully saturated rings. The molecule has 3 aromatic carbocycles. The zero-order valence-electron chi connectivity index (χ0n) is 19.1. The van der Waals surface area contributed by atoms with Crippen molar-refractivity contribution in [1.82, 2.24) is 4.31 Å². The molecule has 3 rings (SSSR count). The first kappa shape index (κ1) is 24.9. The van der Waals surface area contributed by atoms with Crippen LogP contribution in [0.3, 0.4) is 0 Å². The van der Waals surface area contributed by atoms with Gasteiger partial charge >= 0.3 is 5.97 Å². The third kappa shape index (κ3) is 6.00. The first-order chi connectivity index (χ1) is 16.2. The molecular weight excluding hydrogens is 456 g/mol. The maximum Gasteiger partial charge on any atom is 0.337 e. The number of carbonyl (C=O) groups is 2. The van der Waals surface area contributed by atoms with Gasteiger partial charge in [0.15, 0.2) is 0 Å². The number of nitrogens with one attached hydrogen (secondary N) is 1. The Labute approximate surface area is 199 Å². The second-order valence-corrected chi connectivity index (χ2v) is 9.44.